The van der Waals surface area contributed by atoms with Gasteiger partial charge in [-0.3, -0.25) is 4.99 Å². The van der Waals surface area contributed by atoms with Crippen molar-refractivity contribution < 1.29 is 0 Å². The Morgan fingerprint density at radius 3 is 2.12 bits per heavy atom. The number of rotatable bonds is 8. The molecule has 0 aromatic carbocycles. The maximum absolute atomic E-state index is 4.73. The second kappa shape index (κ2) is 9.86. The quantitative estimate of drug-likeness (QED) is 0.505. The van der Waals surface area contributed by atoms with Crippen molar-refractivity contribution in [3.8, 4) is 0 Å². The Hall–Kier alpha value is -0.330. The highest BCUT2D eigenvalue weighted by Crippen LogP contribution is 2.15. The third kappa shape index (κ3) is 7.03. The average molecular weight is 223 g/mol. The molecule has 0 saturated heterocycles. The fourth-order valence-corrected chi connectivity index (χ4v) is 2.42. The van der Waals surface area contributed by atoms with Crippen molar-refractivity contribution in [2.75, 3.05) is 6.54 Å². The third-order valence-corrected chi connectivity index (χ3v) is 3.53. The smallest absolute Gasteiger partial charge is 0.0388 e. The summed E-state index contributed by atoms with van der Waals surface area (Å²) in [5, 5.41) is 0. The molecule has 0 heterocycles. The van der Waals surface area contributed by atoms with Gasteiger partial charge in [0.05, 0.1) is 0 Å². The molecule has 0 unspecified atom stereocenters. The summed E-state index contributed by atoms with van der Waals surface area (Å²) < 4.78 is 0. The average Bonchev–Trinajstić information content (AvgIpc) is 2.34. The number of unbranched alkanes of at least 4 members (excludes halogenated alkanes) is 6. The first kappa shape index (κ1) is 13.7. The van der Waals surface area contributed by atoms with Gasteiger partial charge in [0.25, 0.3) is 0 Å². The Bertz CT molecular complexity index is 176. The van der Waals surface area contributed by atoms with Gasteiger partial charge in [-0.15, -0.1) is 0 Å². The second-order valence-corrected chi connectivity index (χ2v) is 5.13. The molecule has 0 aromatic heterocycles. The summed E-state index contributed by atoms with van der Waals surface area (Å²) in [5.41, 5.74) is 1.51. The molecule has 0 amide bonds. The standard InChI is InChI=1S/C15H29N/c1-2-3-4-5-6-7-11-14-16-15-12-9-8-10-13-15/h2-14H2,1H3. The minimum absolute atomic E-state index is 1.10. The molecule has 0 aromatic rings. The van der Waals surface area contributed by atoms with Gasteiger partial charge >= 0.3 is 0 Å². The topological polar surface area (TPSA) is 12.4 Å². The lowest BCUT2D eigenvalue weighted by molar-refractivity contribution is 0.591. The van der Waals surface area contributed by atoms with E-state index in [0.29, 0.717) is 0 Å². The number of nitrogens with zero attached hydrogens (tertiary/aromatic N) is 1. The monoisotopic (exact) mass is 223 g/mol. The summed E-state index contributed by atoms with van der Waals surface area (Å²) in [4.78, 5) is 4.73. The van der Waals surface area contributed by atoms with Crippen molar-refractivity contribution in [1.82, 2.24) is 0 Å². The lowest BCUT2D eigenvalue weighted by Gasteiger charge is -2.12. The zero-order valence-electron chi connectivity index (χ0n) is 11.1. The van der Waals surface area contributed by atoms with E-state index in [2.05, 4.69) is 6.92 Å². The first-order chi connectivity index (χ1) is 7.93. The molecule has 16 heavy (non-hydrogen) atoms. The maximum atomic E-state index is 4.73. The predicted molar refractivity (Wildman–Crippen MR) is 73.4 cm³/mol. The zero-order valence-corrected chi connectivity index (χ0v) is 11.1. The number of hydrogen-bond donors (Lipinski definition) is 0. The molecular weight excluding hydrogens is 194 g/mol. The largest absolute Gasteiger partial charge is 0.294 e. The van der Waals surface area contributed by atoms with E-state index < -0.39 is 0 Å². The molecule has 0 radical (unpaired) electrons. The van der Waals surface area contributed by atoms with Crippen molar-refractivity contribution >= 4 is 5.71 Å². The van der Waals surface area contributed by atoms with Crippen LogP contribution in [0.25, 0.3) is 0 Å². The Morgan fingerprint density at radius 1 is 0.812 bits per heavy atom. The van der Waals surface area contributed by atoms with Gasteiger partial charge in [-0.25, -0.2) is 0 Å². The van der Waals surface area contributed by atoms with E-state index in [9.17, 15) is 0 Å². The van der Waals surface area contributed by atoms with Crippen LogP contribution >= 0.6 is 0 Å². The van der Waals surface area contributed by atoms with Gasteiger partial charge in [0, 0.05) is 12.3 Å². The van der Waals surface area contributed by atoms with Crippen molar-refractivity contribution in [1.29, 1.82) is 0 Å². The Kier molecular flexibility index (Phi) is 8.47. The molecule has 1 fully saturated rings. The van der Waals surface area contributed by atoms with Gasteiger partial charge in [-0.2, -0.15) is 0 Å². The minimum atomic E-state index is 1.10. The molecule has 1 saturated carbocycles. The van der Waals surface area contributed by atoms with Gasteiger partial charge in [0.1, 0.15) is 0 Å². The Balaban J connectivity index is 1.87. The molecule has 1 aliphatic rings. The van der Waals surface area contributed by atoms with Gasteiger partial charge in [-0.1, -0.05) is 51.9 Å². The Morgan fingerprint density at radius 2 is 1.44 bits per heavy atom. The minimum Gasteiger partial charge on any atom is -0.294 e. The summed E-state index contributed by atoms with van der Waals surface area (Å²) >= 11 is 0. The van der Waals surface area contributed by atoms with E-state index >= 15 is 0 Å². The molecule has 0 spiro atoms. The molecule has 0 aliphatic heterocycles. The molecular formula is C15H29N. The summed E-state index contributed by atoms with van der Waals surface area (Å²) in [6, 6.07) is 0. The van der Waals surface area contributed by atoms with Gasteiger partial charge < -0.3 is 0 Å². The zero-order chi connectivity index (χ0) is 11.5. The van der Waals surface area contributed by atoms with Crippen LogP contribution in [0.4, 0.5) is 0 Å². The highest BCUT2D eigenvalue weighted by Gasteiger charge is 2.05. The van der Waals surface area contributed by atoms with Crippen LogP contribution in [0.5, 0.6) is 0 Å². The first-order valence-corrected chi connectivity index (χ1v) is 7.45. The van der Waals surface area contributed by atoms with Crippen LogP contribution in [-0.2, 0) is 0 Å². The van der Waals surface area contributed by atoms with Crippen molar-refractivity contribution in [2.45, 2.75) is 84.0 Å². The normalized spacial score (nSPS) is 16.4. The van der Waals surface area contributed by atoms with E-state index in [1.807, 2.05) is 0 Å². The molecule has 1 nitrogen and oxygen atoms in total. The molecule has 94 valence electrons. The number of hydrogen-bond acceptors (Lipinski definition) is 1. The van der Waals surface area contributed by atoms with E-state index in [1.165, 1.54) is 82.8 Å². The highest BCUT2D eigenvalue weighted by atomic mass is 14.7. The third-order valence-electron chi connectivity index (χ3n) is 3.53. The maximum Gasteiger partial charge on any atom is 0.0388 e. The van der Waals surface area contributed by atoms with Gasteiger partial charge in [-0.05, 0) is 32.1 Å². The molecule has 0 bridgehead atoms. The fourth-order valence-electron chi connectivity index (χ4n) is 2.42. The van der Waals surface area contributed by atoms with E-state index in [0.717, 1.165) is 6.54 Å². The molecule has 1 rings (SSSR count). The summed E-state index contributed by atoms with van der Waals surface area (Å²) in [5.74, 6) is 0. The Labute approximate surface area is 102 Å². The highest BCUT2D eigenvalue weighted by molar-refractivity contribution is 5.84. The van der Waals surface area contributed by atoms with Crippen LogP contribution in [-0.4, -0.2) is 12.3 Å². The van der Waals surface area contributed by atoms with Crippen molar-refractivity contribution in [2.24, 2.45) is 4.99 Å². The SMILES string of the molecule is CCCCCCCCCN=C1CCCCC1. The van der Waals surface area contributed by atoms with Gasteiger partial charge in [0.15, 0.2) is 0 Å². The van der Waals surface area contributed by atoms with Crippen LogP contribution < -0.4 is 0 Å². The summed E-state index contributed by atoms with van der Waals surface area (Å²) in [6.07, 6.45) is 16.5. The van der Waals surface area contributed by atoms with Crippen molar-refractivity contribution in [3.63, 3.8) is 0 Å². The van der Waals surface area contributed by atoms with Crippen LogP contribution in [0.1, 0.15) is 84.0 Å². The van der Waals surface area contributed by atoms with Gasteiger partial charge in [0.2, 0.25) is 0 Å². The summed E-state index contributed by atoms with van der Waals surface area (Å²) in [7, 11) is 0. The predicted octanol–water partition coefficient (Wildman–Crippen LogP) is 5.14. The molecule has 1 aliphatic carbocycles. The van der Waals surface area contributed by atoms with E-state index in [4.69, 9.17) is 4.99 Å². The van der Waals surface area contributed by atoms with E-state index in [1.54, 1.807) is 0 Å². The van der Waals surface area contributed by atoms with Crippen LogP contribution in [0.15, 0.2) is 4.99 Å². The summed E-state index contributed by atoms with van der Waals surface area (Å²) in [6.45, 7) is 3.38. The van der Waals surface area contributed by atoms with Crippen LogP contribution in [0, 0.1) is 0 Å². The van der Waals surface area contributed by atoms with Crippen LogP contribution in [0.3, 0.4) is 0 Å². The second-order valence-electron chi connectivity index (χ2n) is 5.13. The number of aliphatic imine (C=N–C) groups is 1. The van der Waals surface area contributed by atoms with Crippen molar-refractivity contribution in [3.05, 3.63) is 0 Å². The molecule has 0 atom stereocenters. The van der Waals surface area contributed by atoms with E-state index in [-0.39, 0.29) is 0 Å². The molecule has 1 heteroatoms. The lowest BCUT2D eigenvalue weighted by atomic mass is 9.98. The van der Waals surface area contributed by atoms with Crippen LogP contribution in [0.2, 0.25) is 0 Å². The fraction of sp³-hybridized carbons (Fsp3) is 0.933. The lowest BCUT2D eigenvalue weighted by Crippen LogP contribution is -2.05. The molecule has 0 N–H and O–H groups in total. The first-order valence-electron chi connectivity index (χ1n) is 7.45.